The molecular formula is C13H24F3N3O2. The summed E-state index contributed by atoms with van der Waals surface area (Å²) in [4.78, 5) is 14.6. The predicted octanol–water partition coefficient (Wildman–Crippen LogP) is 1.82. The first-order valence-electron chi connectivity index (χ1n) is 7.03. The lowest BCUT2D eigenvalue weighted by Gasteiger charge is -2.40. The number of halogens is 3. The second-order valence-corrected chi connectivity index (χ2v) is 6.14. The second-order valence-electron chi connectivity index (χ2n) is 6.14. The van der Waals surface area contributed by atoms with Crippen LogP contribution in [0.15, 0.2) is 0 Å². The van der Waals surface area contributed by atoms with Crippen LogP contribution in [0.5, 0.6) is 0 Å². The zero-order valence-corrected chi connectivity index (χ0v) is 12.7. The van der Waals surface area contributed by atoms with Gasteiger partial charge in [0.15, 0.2) is 0 Å². The summed E-state index contributed by atoms with van der Waals surface area (Å²) in [7, 11) is 0. The van der Waals surface area contributed by atoms with Gasteiger partial charge in [0.2, 0.25) is 0 Å². The van der Waals surface area contributed by atoms with Crippen LogP contribution in [0.25, 0.3) is 0 Å². The highest BCUT2D eigenvalue weighted by molar-refractivity contribution is 5.68. The maximum Gasteiger partial charge on any atom is 0.410 e. The number of alkyl halides is 3. The minimum atomic E-state index is -4.30. The Morgan fingerprint density at radius 2 is 1.71 bits per heavy atom. The molecule has 1 rings (SSSR count). The molecule has 0 aliphatic carbocycles. The van der Waals surface area contributed by atoms with Gasteiger partial charge in [-0.2, -0.15) is 13.2 Å². The molecular weight excluding hydrogens is 287 g/mol. The van der Waals surface area contributed by atoms with Crippen molar-refractivity contribution >= 4 is 6.09 Å². The molecule has 1 unspecified atom stereocenters. The molecule has 1 aliphatic heterocycles. The molecule has 0 aromatic rings. The number of amides is 1. The molecule has 8 heteroatoms. The van der Waals surface area contributed by atoms with Gasteiger partial charge < -0.3 is 15.4 Å². The van der Waals surface area contributed by atoms with E-state index in [1.54, 1.807) is 20.8 Å². The minimum absolute atomic E-state index is 0.0174. The fourth-order valence-corrected chi connectivity index (χ4v) is 2.25. The fourth-order valence-electron chi connectivity index (χ4n) is 2.25. The van der Waals surface area contributed by atoms with Crippen molar-refractivity contribution in [1.82, 2.24) is 9.80 Å². The van der Waals surface area contributed by atoms with E-state index >= 15 is 0 Å². The Hall–Kier alpha value is -1.02. The van der Waals surface area contributed by atoms with Crippen molar-refractivity contribution in [3.63, 3.8) is 0 Å². The summed E-state index contributed by atoms with van der Waals surface area (Å²) >= 11 is 0. The topological polar surface area (TPSA) is 58.8 Å². The lowest BCUT2D eigenvalue weighted by atomic mass is 10.1. The second kappa shape index (κ2) is 6.83. The first-order valence-corrected chi connectivity index (χ1v) is 7.03. The number of hydrogen-bond acceptors (Lipinski definition) is 4. The van der Waals surface area contributed by atoms with E-state index < -0.39 is 23.9 Å². The van der Waals surface area contributed by atoms with Crippen LogP contribution >= 0.6 is 0 Å². The third-order valence-corrected chi connectivity index (χ3v) is 3.22. The Morgan fingerprint density at radius 1 is 1.19 bits per heavy atom. The van der Waals surface area contributed by atoms with Crippen molar-refractivity contribution < 1.29 is 22.7 Å². The number of nitrogens with two attached hydrogens (primary N) is 1. The number of rotatable bonds is 3. The summed E-state index contributed by atoms with van der Waals surface area (Å²) < 4.78 is 44.1. The Labute approximate surface area is 123 Å². The molecule has 0 aromatic heterocycles. The van der Waals surface area contributed by atoms with Crippen molar-refractivity contribution in [3.05, 3.63) is 0 Å². The van der Waals surface area contributed by atoms with E-state index in [1.807, 2.05) is 0 Å². The highest BCUT2D eigenvalue weighted by atomic mass is 19.4. The molecule has 1 atom stereocenters. The molecule has 1 amide bonds. The summed E-state index contributed by atoms with van der Waals surface area (Å²) in [6.07, 6.45) is -4.91. The van der Waals surface area contributed by atoms with Gasteiger partial charge in [0.1, 0.15) is 11.6 Å². The van der Waals surface area contributed by atoms with E-state index in [0.29, 0.717) is 0 Å². The maximum absolute atomic E-state index is 13.0. The van der Waals surface area contributed by atoms with Crippen LogP contribution < -0.4 is 5.73 Å². The predicted molar refractivity (Wildman–Crippen MR) is 72.9 cm³/mol. The molecule has 0 aromatic carbocycles. The van der Waals surface area contributed by atoms with Gasteiger partial charge in [0.25, 0.3) is 0 Å². The van der Waals surface area contributed by atoms with E-state index in [4.69, 9.17) is 10.5 Å². The van der Waals surface area contributed by atoms with Gasteiger partial charge in [-0.3, -0.25) is 4.90 Å². The number of piperazine rings is 1. The van der Waals surface area contributed by atoms with Gasteiger partial charge in [-0.05, 0) is 33.7 Å². The number of carbonyl (C=O) groups is 1. The van der Waals surface area contributed by atoms with Crippen LogP contribution in [-0.2, 0) is 4.74 Å². The van der Waals surface area contributed by atoms with Crippen molar-refractivity contribution in [2.75, 3.05) is 32.7 Å². The lowest BCUT2D eigenvalue weighted by Crippen LogP contribution is -2.56. The molecule has 0 radical (unpaired) electrons. The standard InChI is InChI=1S/C13H24F3N3O2/c1-12(2,3)21-11(20)19-8-6-18(7-9-19)10(4-5-17)13(14,15)16/h10H,4-9,17H2,1-3H3. The molecule has 1 aliphatic rings. The van der Waals surface area contributed by atoms with Crippen LogP contribution in [0.3, 0.4) is 0 Å². The van der Waals surface area contributed by atoms with E-state index in [9.17, 15) is 18.0 Å². The van der Waals surface area contributed by atoms with Gasteiger partial charge in [-0.25, -0.2) is 4.79 Å². The van der Waals surface area contributed by atoms with Crippen molar-refractivity contribution in [2.24, 2.45) is 5.73 Å². The molecule has 5 nitrogen and oxygen atoms in total. The first kappa shape index (κ1) is 18.0. The SMILES string of the molecule is CC(C)(C)OC(=O)N1CCN(C(CCN)C(F)(F)F)CC1. The zero-order chi connectivity index (χ0) is 16.3. The van der Waals surface area contributed by atoms with Crippen LogP contribution in [-0.4, -0.2) is 66.4 Å². The van der Waals surface area contributed by atoms with Gasteiger partial charge >= 0.3 is 12.3 Å². The molecule has 2 N–H and O–H groups in total. The normalized spacial score (nSPS) is 19.5. The molecule has 0 saturated carbocycles. The number of hydrogen-bond donors (Lipinski definition) is 1. The third-order valence-electron chi connectivity index (χ3n) is 3.22. The van der Waals surface area contributed by atoms with E-state index in [2.05, 4.69) is 0 Å². The summed E-state index contributed by atoms with van der Waals surface area (Å²) in [6, 6.07) is -1.54. The molecule has 124 valence electrons. The molecule has 1 saturated heterocycles. The number of ether oxygens (including phenoxy) is 1. The summed E-state index contributed by atoms with van der Waals surface area (Å²) in [5.41, 5.74) is 4.66. The number of carbonyl (C=O) groups excluding carboxylic acids is 1. The Morgan fingerprint density at radius 3 is 2.10 bits per heavy atom. The molecule has 0 bridgehead atoms. The molecule has 1 fully saturated rings. The summed E-state index contributed by atoms with van der Waals surface area (Å²) in [5, 5.41) is 0. The minimum Gasteiger partial charge on any atom is -0.444 e. The zero-order valence-electron chi connectivity index (χ0n) is 12.7. The average molecular weight is 311 g/mol. The quantitative estimate of drug-likeness (QED) is 0.864. The smallest absolute Gasteiger partial charge is 0.410 e. The highest BCUT2D eigenvalue weighted by Crippen LogP contribution is 2.28. The largest absolute Gasteiger partial charge is 0.444 e. The Bertz CT molecular complexity index is 348. The van der Waals surface area contributed by atoms with Crippen LogP contribution in [0.2, 0.25) is 0 Å². The van der Waals surface area contributed by atoms with E-state index in [1.165, 1.54) is 9.80 Å². The third kappa shape index (κ3) is 5.70. The van der Waals surface area contributed by atoms with Crippen molar-refractivity contribution in [1.29, 1.82) is 0 Å². The van der Waals surface area contributed by atoms with Crippen LogP contribution in [0.4, 0.5) is 18.0 Å². The average Bonchev–Trinajstić information content (AvgIpc) is 2.32. The van der Waals surface area contributed by atoms with Crippen molar-refractivity contribution in [2.45, 2.75) is 45.0 Å². The molecule has 0 spiro atoms. The lowest BCUT2D eigenvalue weighted by molar-refractivity contribution is -0.188. The summed E-state index contributed by atoms with van der Waals surface area (Å²) in [5.74, 6) is 0. The van der Waals surface area contributed by atoms with Crippen LogP contribution in [0, 0.1) is 0 Å². The Balaban J connectivity index is 2.56. The monoisotopic (exact) mass is 311 g/mol. The van der Waals surface area contributed by atoms with Crippen molar-refractivity contribution in [3.8, 4) is 0 Å². The number of nitrogens with zero attached hydrogens (tertiary/aromatic N) is 2. The van der Waals surface area contributed by atoms with E-state index in [-0.39, 0.29) is 39.1 Å². The first-order chi connectivity index (χ1) is 9.54. The van der Waals surface area contributed by atoms with E-state index in [0.717, 1.165) is 0 Å². The summed E-state index contributed by atoms with van der Waals surface area (Å²) in [6.45, 7) is 6.04. The van der Waals surface area contributed by atoms with Gasteiger partial charge in [-0.1, -0.05) is 0 Å². The fraction of sp³-hybridized carbons (Fsp3) is 0.923. The maximum atomic E-state index is 13.0. The Kier molecular flexibility index (Phi) is 5.86. The van der Waals surface area contributed by atoms with Gasteiger partial charge in [0.05, 0.1) is 0 Å². The molecule has 21 heavy (non-hydrogen) atoms. The molecule has 1 heterocycles. The van der Waals surface area contributed by atoms with Gasteiger partial charge in [0, 0.05) is 26.2 Å². The highest BCUT2D eigenvalue weighted by Gasteiger charge is 2.44. The van der Waals surface area contributed by atoms with Gasteiger partial charge in [-0.15, -0.1) is 0 Å². The van der Waals surface area contributed by atoms with Crippen LogP contribution in [0.1, 0.15) is 27.2 Å².